The zero-order valence-electron chi connectivity index (χ0n) is 11.3. The van der Waals surface area contributed by atoms with Crippen molar-refractivity contribution in [2.45, 2.75) is 13.3 Å². The van der Waals surface area contributed by atoms with Crippen LogP contribution in [-0.4, -0.2) is 53.8 Å². The maximum absolute atomic E-state index is 5.71. The Morgan fingerprint density at radius 1 is 1.39 bits per heavy atom. The van der Waals surface area contributed by atoms with Gasteiger partial charge in [0.15, 0.2) is 5.82 Å². The van der Waals surface area contributed by atoms with Crippen molar-refractivity contribution < 1.29 is 0 Å². The Balaban J connectivity index is 2.78. The van der Waals surface area contributed by atoms with Crippen LogP contribution in [0.25, 0.3) is 0 Å². The van der Waals surface area contributed by atoms with Crippen molar-refractivity contribution in [1.29, 1.82) is 0 Å². The third kappa shape index (κ3) is 4.19. The van der Waals surface area contributed by atoms with Gasteiger partial charge in [-0.2, -0.15) is 5.10 Å². The van der Waals surface area contributed by atoms with Crippen LogP contribution in [0.3, 0.4) is 0 Å². The van der Waals surface area contributed by atoms with Gasteiger partial charge >= 0.3 is 0 Å². The summed E-state index contributed by atoms with van der Waals surface area (Å²) in [5.41, 5.74) is 6.51. The number of anilines is 1. The zero-order chi connectivity index (χ0) is 13.5. The summed E-state index contributed by atoms with van der Waals surface area (Å²) in [6.07, 6.45) is 2.68. The Bertz CT molecular complexity index is 394. The molecule has 0 aliphatic rings. The maximum Gasteiger partial charge on any atom is 0.161 e. The first-order valence-electron chi connectivity index (χ1n) is 6.07. The molecule has 0 bridgehead atoms. The van der Waals surface area contributed by atoms with Crippen molar-refractivity contribution >= 4 is 23.0 Å². The second-order valence-electron chi connectivity index (χ2n) is 4.37. The second kappa shape index (κ2) is 7.23. The largest absolute Gasteiger partial charge is 0.389 e. The molecule has 0 unspecified atom stereocenters. The highest BCUT2D eigenvalue weighted by atomic mass is 32.1. The molecule has 0 amide bonds. The molecule has 0 atom stereocenters. The molecule has 0 fully saturated rings. The fourth-order valence-electron chi connectivity index (χ4n) is 1.74. The smallest absolute Gasteiger partial charge is 0.161 e. The van der Waals surface area contributed by atoms with Crippen molar-refractivity contribution in [3.8, 4) is 0 Å². The first-order valence-corrected chi connectivity index (χ1v) is 6.48. The second-order valence-corrected chi connectivity index (χ2v) is 4.81. The molecule has 0 aliphatic carbocycles. The zero-order valence-corrected chi connectivity index (χ0v) is 12.1. The van der Waals surface area contributed by atoms with Crippen LogP contribution in [0.15, 0.2) is 12.3 Å². The van der Waals surface area contributed by atoms with E-state index in [0.717, 1.165) is 37.4 Å². The van der Waals surface area contributed by atoms with E-state index in [-0.39, 0.29) is 0 Å². The van der Waals surface area contributed by atoms with Gasteiger partial charge in [0.1, 0.15) is 4.99 Å². The van der Waals surface area contributed by atoms with Crippen LogP contribution in [0.2, 0.25) is 0 Å². The van der Waals surface area contributed by atoms with Gasteiger partial charge in [0.05, 0.1) is 11.8 Å². The van der Waals surface area contributed by atoms with Crippen molar-refractivity contribution in [1.82, 2.24) is 15.1 Å². The molecule has 1 heterocycles. The van der Waals surface area contributed by atoms with E-state index in [1.54, 1.807) is 6.20 Å². The fourth-order valence-corrected chi connectivity index (χ4v) is 1.90. The number of rotatable bonds is 7. The lowest BCUT2D eigenvalue weighted by molar-refractivity contribution is 0.400. The third-order valence-electron chi connectivity index (χ3n) is 2.68. The Labute approximate surface area is 114 Å². The van der Waals surface area contributed by atoms with Crippen molar-refractivity contribution in [3.63, 3.8) is 0 Å². The summed E-state index contributed by atoms with van der Waals surface area (Å²) in [7, 11) is 4.14. The summed E-state index contributed by atoms with van der Waals surface area (Å²) in [4.78, 5) is 4.69. The van der Waals surface area contributed by atoms with Gasteiger partial charge in [0, 0.05) is 13.1 Å². The SMILES string of the molecule is CCN(CCCN(C)C)c1nnccc1C(N)=S. The number of hydrogen-bond acceptors (Lipinski definition) is 5. The average Bonchev–Trinajstić information content (AvgIpc) is 2.34. The molecule has 0 aliphatic heterocycles. The predicted molar refractivity (Wildman–Crippen MR) is 79.0 cm³/mol. The van der Waals surface area contributed by atoms with Crippen LogP contribution < -0.4 is 10.6 Å². The normalized spacial score (nSPS) is 10.7. The van der Waals surface area contributed by atoms with Crippen LogP contribution >= 0.6 is 12.2 Å². The first kappa shape index (κ1) is 14.8. The topological polar surface area (TPSA) is 58.3 Å². The standard InChI is InChI=1S/C12H21N5S/c1-4-17(9-5-8-16(2)3)12-10(11(13)18)6-7-14-15-12/h6-7H,4-5,8-9H2,1-3H3,(H2,13,18). The van der Waals surface area contributed by atoms with Crippen LogP contribution in [-0.2, 0) is 0 Å². The Kier molecular flexibility index (Phi) is 5.94. The number of thiocarbonyl (C=S) groups is 1. The lowest BCUT2D eigenvalue weighted by Gasteiger charge is -2.24. The van der Waals surface area contributed by atoms with Gasteiger partial charge < -0.3 is 15.5 Å². The molecule has 0 saturated heterocycles. The third-order valence-corrected chi connectivity index (χ3v) is 2.90. The first-order chi connectivity index (χ1) is 8.56. The summed E-state index contributed by atoms with van der Waals surface area (Å²) in [6, 6.07) is 1.82. The molecule has 1 aromatic heterocycles. The molecule has 6 heteroatoms. The van der Waals surface area contributed by atoms with Gasteiger partial charge in [-0.05, 0) is 40.1 Å². The minimum absolute atomic E-state index is 0.367. The Hall–Kier alpha value is -1.27. The summed E-state index contributed by atoms with van der Waals surface area (Å²) < 4.78 is 0. The number of aromatic nitrogens is 2. The lowest BCUT2D eigenvalue weighted by atomic mass is 10.2. The Morgan fingerprint density at radius 2 is 2.11 bits per heavy atom. The fraction of sp³-hybridized carbons (Fsp3) is 0.583. The molecule has 2 N–H and O–H groups in total. The van der Waals surface area contributed by atoms with Crippen LogP contribution in [0.5, 0.6) is 0 Å². The predicted octanol–water partition coefficient (Wildman–Crippen LogP) is 0.889. The number of nitrogens with zero attached hydrogens (tertiary/aromatic N) is 4. The van der Waals surface area contributed by atoms with E-state index >= 15 is 0 Å². The highest BCUT2D eigenvalue weighted by Gasteiger charge is 2.13. The highest BCUT2D eigenvalue weighted by Crippen LogP contribution is 2.16. The molecule has 1 rings (SSSR count). The molecular formula is C12H21N5S. The molecule has 0 saturated carbocycles. The average molecular weight is 267 g/mol. The minimum atomic E-state index is 0.367. The van der Waals surface area contributed by atoms with Gasteiger partial charge in [-0.15, -0.1) is 5.10 Å². The van der Waals surface area contributed by atoms with E-state index in [9.17, 15) is 0 Å². The van der Waals surface area contributed by atoms with E-state index in [2.05, 4.69) is 41.0 Å². The van der Waals surface area contributed by atoms with Crippen LogP contribution in [0, 0.1) is 0 Å². The molecule has 5 nitrogen and oxygen atoms in total. The summed E-state index contributed by atoms with van der Waals surface area (Å²) >= 11 is 5.05. The molecule has 0 spiro atoms. The molecular weight excluding hydrogens is 246 g/mol. The van der Waals surface area contributed by atoms with Gasteiger partial charge in [0.2, 0.25) is 0 Å². The number of nitrogens with two attached hydrogens (primary N) is 1. The molecule has 0 aromatic carbocycles. The monoisotopic (exact) mass is 267 g/mol. The van der Waals surface area contributed by atoms with Gasteiger partial charge in [-0.25, -0.2) is 0 Å². The van der Waals surface area contributed by atoms with E-state index in [1.807, 2.05) is 6.07 Å². The van der Waals surface area contributed by atoms with Crippen LogP contribution in [0.4, 0.5) is 5.82 Å². The Morgan fingerprint density at radius 3 is 2.67 bits per heavy atom. The molecule has 1 aromatic rings. The maximum atomic E-state index is 5.71. The minimum Gasteiger partial charge on any atom is -0.389 e. The van der Waals surface area contributed by atoms with E-state index in [4.69, 9.17) is 18.0 Å². The van der Waals surface area contributed by atoms with Crippen molar-refractivity contribution in [2.75, 3.05) is 38.6 Å². The van der Waals surface area contributed by atoms with E-state index in [0.29, 0.717) is 4.99 Å². The van der Waals surface area contributed by atoms with E-state index in [1.165, 1.54) is 0 Å². The molecule has 0 radical (unpaired) electrons. The van der Waals surface area contributed by atoms with Crippen molar-refractivity contribution in [3.05, 3.63) is 17.8 Å². The van der Waals surface area contributed by atoms with Gasteiger partial charge in [-0.1, -0.05) is 12.2 Å². The van der Waals surface area contributed by atoms with Gasteiger partial charge in [-0.3, -0.25) is 0 Å². The van der Waals surface area contributed by atoms with E-state index < -0.39 is 0 Å². The lowest BCUT2D eigenvalue weighted by Crippen LogP contribution is -2.30. The molecule has 18 heavy (non-hydrogen) atoms. The molecule has 100 valence electrons. The van der Waals surface area contributed by atoms with Crippen molar-refractivity contribution in [2.24, 2.45) is 5.73 Å². The summed E-state index contributed by atoms with van der Waals surface area (Å²) in [5.74, 6) is 0.784. The van der Waals surface area contributed by atoms with Crippen LogP contribution in [0.1, 0.15) is 18.9 Å². The summed E-state index contributed by atoms with van der Waals surface area (Å²) in [6.45, 7) is 4.91. The highest BCUT2D eigenvalue weighted by molar-refractivity contribution is 7.80. The summed E-state index contributed by atoms with van der Waals surface area (Å²) in [5, 5.41) is 8.09. The number of hydrogen-bond donors (Lipinski definition) is 1. The quantitative estimate of drug-likeness (QED) is 0.740. The van der Waals surface area contributed by atoms with Gasteiger partial charge in [0.25, 0.3) is 0 Å².